The van der Waals surface area contributed by atoms with Gasteiger partial charge in [0.15, 0.2) is 0 Å². The van der Waals surface area contributed by atoms with Crippen LogP contribution in [0.3, 0.4) is 0 Å². The number of rotatable bonds is 0. The van der Waals surface area contributed by atoms with Gasteiger partial charge >= 0.3 is 67.7 Å². The third kappa shape index (κ3) is 36.7. The minimum atomic E-state index is 0. The summed E-state index contributed by atoms with van der Waals surface area (Å²) >= 11 is 0. The first-order valence-electron chi connectivity index (χ1n) is 0.408. The Balaban J connectivity index is -0.000000000833. The van der Waals surface area contributed by atoms with Gasteiger partial charge in [-0.25, -0.2) is 0 Å². The van der Waals surface area contributed by atoms with Crippen molar-refractivity contribution in [1.29, 1.82) is 0 Å². The Morgan fingerprint density at radius 2 is 1.00 bits per heavy atom. The molecular weight excluding hydrogens is 204 g/mol. The van der Waals surface area contributed by atoms with E-state index in [0.717, 1.165) is 7.11 Å². The van der Waals surface area contributed by atoms with Gasteiger partial charge in [-0.2, -0.15) is 7.11 Å². The second kappa shape index (κ2) is 61.4. The molecule has 0 radical (unpaired) electrons. The Hall–Kier alpha value is 2.05. The van der Waals surface area contributed by atoms with Crippen LogP contribution >= 0.6 is 0 Å². The van der Waals surface area contributed by atoms with Crippen LogP contribution in [0.15, 0.2) is 0 Å². The molecule has 0 unspecified atom stereocenters. The van der Waals surface area contributed by atoms with Crippen molar-refractivity contribution in [3.8, 4) is 0 Å². The fourth-order valence-corrected chi connectivity index (χ4v) is 0. The molecule has 0 spiro atoms. The second-order valence-corrected chi connectivity index (χ2v) is 0. The monoisotopic (exact) mass is 210 g/mol. The molecule has 0 aromatic heterocycles. The molecule has 0 saturated carbocycles. The maximum Gasteiger partial charge on any atom is 2.00 e. The minimum Gasteiger partial charge on any atom is -0.870 e. The van der Waals surface area contributed by atoms with Crippen LogP contribution in [0.2, 0.25) is 0 Å². The molecule has 0 aliphatic heterocycles. The third-order valence-electron chi connectivity index (χ3n) is 0. The summed E-state index contributed by atoms with van der Waals surface area (Å²) in [6.45, 7) is 0. The summed E-state index contributed by atoms with van der Waals surface area (Å²) in [7, 11) is 0.750. The molecule has 0 amide bonds. The van der Waals surface area contributed by atoms with E-state index < -0.39 is 0 Å². The molecule has 0 aliphatic rings. The summed E-state index contributed by atoms with van der Waals surface area (Å²) in [6, 6.07) is 0. The van der Waals surface area contributed by atoms with Gasteiger partial charge in [-0.1, -0.05) is 0 Å². The Labute approximate surface area is 89.4 Å². The van der Waals surface area contributed by atoms with Gasteiger partial charge in [0.05, 0.1) is 0 Å². The summed E-state index contributed by atoms with van der Waals surface area (Å²) in [4.78, 5) is 0. The summed E-state index contributed by atoms with van der Waals surface area (Å²) in [6.07, 6.45) is 0. The van der Waals surface area contributed by atoms with Crippen LogP contribution in [0.25, 0.3) is 0 Å². The second-order valence-electron chi connectivity index (χ2n) is 0. The van der Waals surface area contributed by atoms with Gasteiger partial charge in [-0.05, 0) is 0 Å². The van der Waals surface area contributed by atoms with E-state index in [-0.39, 0.29) is 78.7 Å². The van der Waals surface area contributed by atoms with Crippen molar-refractivity contribution in [3.05, 3.63) is 0 Å². The SMILES string of the molecule is C[O-].[Ba+2].[Li+].[OH-].[OH-]. The number of hydrogen-bond acceptors (Lipinski definition) is 3. The first-order valence-corrected chi connectivity index (χ1v) is 0.408. The Bertz CT molecular complexity index is 10.8. The summed E-state index contributed by atoms with van der Waals surface area (Å²) in [5, 5.41) is 8.25. The van der Waals surface area contributed by atoms with Gasteiger partial charge in [0.1, 0.15) is 0 Å². The zero-order chi connectivity index (χ0) is 2.00. The molecule has 3 nitrogen and oxygen atoms in total. The Kier molecular flexibility index (Phi) is 441. The first-order chi connectivity index (χ1) is 1.00. The molecule has 0 fully saturated rings. The van der Waals surface area contributed by atoms with E-state index in [1.54, 1.807) is 0 Å². The van der Waals surface area contributed by atoms with Gasteiger partial charge in [0.2, 0.25) is 0 Å². The minimum absolute atomic E-state index is 0. The molecule has 0 rings (SSSR count). The van der Waals surface area contributed by atoms with E-state index in [2.05, 4.69) is 0 Å². The van der Waals surface area contributed by atoms with E-state index in [4.69, 9.17) is 5.11 Å². The van der Waals surface area contributed by atoms with Crippen LogP contribution in [0.1, 0.15) is 0 Å². The summed E-state index contributed by atoms with van der Waals surface area (Å²) in [5.41, 5.74) is 0. The van der Waals surface area contributed by atoms with Crippen molar-refractivity contribution >= 4 is 48.9 Å². The molecule has 0 atom stereocenters. The predicted octanol–water partition coefficient (Wildman–Crippen LogP) is -4.75. The molecular formula is CH5BaLiO3. The maximum atomic E-state index is 8.25. The summed E-state index contributed by atoms with van der Waals surface area (Å²) in [5.74, 6) is 0. The van der Waals surface area contributed by atoms with Gasteiger partial charge in [0.25, 0.3) is 0 Å². The molecule has 5 heteroatoms. The largest absolute Gasteiger partial charge is 2.00 e. The molecule has 0 aliphatic carbocycles. The molecule has 0 saturated heterocycles. The van der Waals surface area contributed by atoms with Crippen molar-refractivity contribution in [2.75, 3.05) is 7.11 Å². The van der Waals surface area contributed by atoms with Crippen molar-refractivity contribution in [2.45, 2.75) is 0 Å². The first kappa shape index (κ1) is 43.0. The molecule has 0 aromatic carbocycles. The van der Waals surface area contributed by atoms with E-state index in [9.17, 15) is 0 Å². The van der Waals surface area contributed by atoms with Crippen LogP contribution in [0.5, 0.6) is 0 Å². The van der Waals surface area contributed by atoms with Gasteiger partial charge in [0, 0.05) is 0 Å². The van der Waals surface area contributed by atoms with Gasteiger partial charge < -0.3 is 16.1 Å². The van der Waals surface area contributed by atoms with E-state index in [1.165, 1.54) is 0 Å². The van der Waals surface area contributed by atoms with E-state index in [1.807, 2.05) is 0 Å². The average Bonchev–Trinajstić information content (AvgIpc) is 1.00. The molecule has 0 heterocycles. The van der Waals surface area contributed by atoms with Crippen LogP contribution in [0.4, 0.5) is 0 Å². The fraction of sp³-hybridized carbons (Fsp3) is 1.00. The van der Waals surface area contributed by atoms with Crippen molar-refractivity contribution in [3.63, 3.8) is 0 Å². The maximum absolute atomic E-state index is 8.25. The smallest absolute Gasteiger partial charge is 0.870 e. The molecule has 0 aromatic rings. The van der Waals surface area contributed by atoms with E-state index >= 15 is 0 Å². The molecule has 6 heavy (non-hydrogen) atoms. The zero-order valence-electron chi connectivity index (χ0n) is 4.01. The Morgan fingerprint density at radius 1 is 1.00 bits per heavy atom. The molecule has 0 bridgehead atoms. The van der Waals surface area contributed by atoms with Crippen molar-refractivity contribution in [1.82, 2.24) is 0 Å². The predicted molar refractivity (Wildman–Crippen MR) is 15.5 cm³/mol. The summed E-state index contributed by atoms with van der Waals surface area (Å²) < 4.78 is 0. The number of hydrogen-bond donors (Lipinski definition) is 0. The molecule has 30 valence electrons. The molecule has 2 N–H and O–H groups in total. The quantitative estimate of drug-likeness (QED) is 0.376. The van der Waals surface area contributed by atoms with Gasteiger partial charge in [-0.15, -0.1) is 0 Å². The van der Waals surface area contributed by atoms with Crippen molar-refractivity contribution < 1.29 is 34.9 Å². The standard InChI is InChI=1S/CH3O.Ba.Li.2H2O/c1-2;;;;/h1H3;;;2*1H2/q-1;+2;+1;;/p-2. The van der Waals surface area contributed by atoms with Crippen LogP contribution in [0, 0.1) is 0 Å². The Morgan fingerprint density at radius 3 is 1.00 bits per heavy atom. The van der Waals surface area contributed by atoms with E-state index in [0.29, 0.717) is 0 Å². The van der Waals surface area contributed by atoms with Crippen molar-refractivity contribution in [2.24, 2.45) is 0 Å². The topological polar surface area (TPSA) is 83.1 Å². The fourth-order valence-electron chi connectivity index (χ4n) is 0. The third-order valence-corrected chi connectivity index (χ3v) is 0. The van der Waals surface area contributed by atoms with Crippen LogP contribution in [-0.4, -0.2) is 66.9 Å². The normalized spacial score (nSPS) is 1.00. The van der Waals surface area contributed by atoms with Crippen LogP contribution in [-0.2, 0) is 0 Å². The average molecular weight is 209 g/mol. The van der Waals surface area contributed by atoms with Crippen LogP contribution < -0.4 is 24.0 Å². The zero-order valence-corrected chi connectivity index (χ0v) is 8.45. The van der Waals surface area contributed by atoms with Gasteiger partial charge in [-0.3, -0.25) is 0 Å².